The van der Waals surface area contributed by atoms with E-state index in [1.807, 2.05) is 13.8 Å². The fourth-order valence-corrected chi connectivity index (χ4v) is 8.73. The zero-order valence-corrected chi connectivity index (χ0v) is 19.3. The van der Waals surface area contributed by atoms with E-state index in [2.05, 4.69) is 17.1 Å². The van der Waals surface area contributed by atoms with Gasteiger partial charge in [0, 0.05) is 11.3 Å². The first-order chi connectivity index (χ1) is 14.7. The van der Waals surface area contributed by atoms with E-state index in [4.69, 9.17) is 0 Å². The third-order valence-electron chi connectivity index (χ3n) is 10.2. The van der Waals surface area contributed by atoms with Crippen LogP contribution in [0.25, 0.3) is 0 Å². The molecule has 0 radical (unpaired) electrons. The van der Waals surface area contributed by atoms with E-state index in [-0.39, 0.29) is 35.8 Å². The molecular weight excluding hydrogens is 393 g/mol. The first-order valence-corrected chi connectivity index (χ1v) is 12.4. The van der Waals surface area contributed by atoms with Crippen LogP contribution in [0.2, 0.25) is 0 Å². The maximum Gasteiger partial charge on any atom is 0.159 e. The molecule has 0 aliphatic heterocycles. The zero-order valence-electron chi connectivity index (χ0n) is 19.3. The van der Waals surface area contributed by atoms with Gasteiger partial charge in [-0.3, -0.25) is 9.18 Å². The molecule has 1 N–H and O–H groups in total. The van der Waals surface area contributed by atoms with Crippen LogP contribution in [0.1, 0.15) is 77.3 Å². The van der Waals surface area contributed by atoms with Gasteiger partial charge in [-0.15, -0.1) is 0 Å². The predicted octanol–water partition coefficient (Wildman–Crippen LogP) is 4.52. The molecule has 1 heterocycles. The number of ketones is 1. The highest BCUT2D eigenvalue weighted by atomic mass is 19.1. The molecule has 4 saturated carbocycles. The number of aliphatic hydroxyl groups is 1. The molecule has 6 heteroatoms. The second-order valence-corrected chi connectivity index (χ2v) is 11.9. The smallest absolute Gasteiger partial charge is 0.159 e. The minimum Gasteiger partial charge on any atom is -0.390 e. The molecular formula is C25H38FN3O2. The normalized spacial score (nSPS) is 46.8. The molecule has 172 valence electrons. The van der Waals surface area contributed by atoms with E-state index in [0.29, 0.717) is 23.7 Å². The van der Waals surface area contributed by atoms with E-state index < -0.39 is 5.60 Å². The number of hydrogen-bond acceptors (Lipinski definition) is 4. The molecule has 0 amide bonds. The highest BCUT2D eigenvalue weighted by molar-refractivity contribution is 5.82. The topological polar surface area (TPSA) is 68.0 Å². The number of carbonyl (C=O) groups excluding carboxylic acids is 1. The van der Waals surface area contributed by atoms with Crippen LogP contribution in [0.5, 0.6) is 0 Å². The lowest BCUT2D eigenvalue weighted by molar-refractivity contribution is -0.163. The summed E-state index contributed by atoms with van der Waals surface area (Å²) in [7, 11) is 0. The molecule has 4 fully saturated rings. The van der Waals surface area contributed by atoms with Crippen molar-refractivity contribution in [1.29, 1.82) is 0 Å². The number of carbonyl (C=O) groups is 1. The number of rotatable bonds is 4. The minimum atomic E-state index is -0.636. The van der Waals surface area contributed by atoms with E-state index in [0.717, 1.165) is 63.5 Å². The Labute approximate surface area is 185 Å². The van der Waals surface area contributed by atoms with E-state index in [1.54, 1.807) is 6.20 Å². The largest absolute Gasteiger partial charge is 0.390 e. The van der Waals surface area contributed by atoms with Gasteiger partial charge in [-0.25, -0.2) is 0 Å². The molecule has 0 aromatic carbocycles. The lowest BCUT2D eigenvalue weighted by Crippen LogP contribution is -2.57. The van der Waals surface area contributed by atoms with E-state index >= 15 is 0 Å². The molecule has 5 nitrogen and oxygen atoms in total. The molecule has 1 aromatic rings. The molecule has 0 saturated heterocycles. The van der Waals surface area contributed by atoms with Crippen LogP contribution < -0.4 is 0 Å². The van der Waals surface area contributed by atoms with E-state index in [9.17, 15) is 14.3 Å². The zero-order chi connectivity index (χ0) is 22.0. The molecule has 5 rings (SSSR count). The van der Waals surface area contributed by atoms with Crippen molar-refractivity contribution in [2.45, 2.75) is 90.7 Å². The molecule has 0 bridgehead atoms. The van der Waals surface area contributed by atoms with E-state index in [1.165, 1.54) is 4.80 Å². The van der Waals surface area contributed by atoms with Crippen molar-refractivity contribution in [3.05, 3.63) is 11.9 Å². The highest BCUT2D eigenvalue weighted by Gasteiger charge is 2.63. The Morgan fingerprint density at radius 1 is 1.16 bits per heavy atom. The Hall–Kier alpha value is -1.30. The number of nitrogens with zero attached hydrogens (tertiary/aromatic N) is 3. The summed E-state index contributed by atoms with van der Waals surface area (Å²) in [5.74, 6) is 2.09. The molecule has 4 aliphatic rings. The SMILES string of the molecule is Cc1cnn(CC(=O)[C@H]2CC[C@H]3[C@@H]4CC[C@@H]5C[C@](C)(O)CC[C@]5(CF)[C@H]4CC[C@]23C)n1. The molecule has 31 heavy (non-hydrogen) atoms. The van der Waals surface area contributed by atoms with Gasteiger partial charge in [0.1, 0.15) is 6.54 Å². The van der Waals surface area contributed by atoms with Crippen molar-refractivity contribution in [2.75, 3.05) is 6.67 Å². The van der Waals surface area contributed by atoms with Crippen LogP contribution in [0, 0.1) is 47.3 Å². The quantitative estimate of drug-likeness (QED) is 0.761. The predicted molar refractivity (Wildman–Crippen MR) is 116 cm³/mol. The number of fused-ring (bicyclic) bond motifs is 5. The van der Waals surface area contributed by atoms with Crippen LogP contribution in [0.15, 0.2) is 6.20 Å². The maximum absolute atomic E-state index is 14.8. The fraction of sp³-hybridized carbons (Fsp3) is 0.880. The summed E-state index contributed by atoms with van der Waals surface area (Å²) in [6.07, 6.45) is 10.2. The van der Waals surface area contributed by atoms with Crippen LogP contribution >= 0.6 is 0 Å². The number of Topliss-reactive ketones (excluding diaryl/α,β-unsaturated/α-hetero) is 1. The second-order valence-electron chi connectivity index (χ2n) is 11.9. The van der Waals surface area contributed by atoms with Gasteiger partial charge in [-0.1, -0.05) is 6.92 Å². The molecule has 1 aromatic heterocycles. The average Bonchev–Trinajstić information content (AvgIpc) is 3.29. The van der Waals surface area contributed by atoms with Gasteiger partial charge >= 0.3 is 0 Å². The Bertz CT molecular complexity index is 854. The standard InChI is InChI=1S/C25H38FN3O2/c1-16-13-27-29(28-16)14-22(30)21-7-6-19-18-5-4-17-12-23(2,31)10-11-25(17,15-26)20(18)8-9-24(19,21)3/h13,17-21,31H,4-12,14-15H2,1-3H3/t17-,18+,19+,20+,21-,23-,24+,25-/m1/s1. The Kier molecular flexibility index (Phi) is 5.11. The van der Waals surface area contributed by atoms with Crippen LogP contribution in [0.3, 0.4) is 0 Å². The van der Waals surface area contributed by atoms with Crippen LogP contribution in [-0.4, -0.2) is 38.2 Å². The third kappa shape index (κ3) is 3.30. The number of aryl methyl sites for hydroxylation is 1. The third-order valence-corrected chi connectivity index (χ3v) is 10.2. The van der Waals surface area contributed by atoms with Crippen LogP contribution in [0.4, 0.5) is 4.39 Å². The number of alkyl halides is 1. The van der Waals surface area contributed by atoms with Crippen molar-refractivity contribution in [3.8, 4) is 0 Å². The van der Waals surface area contributed by atoms with Gasteiger partial charge in [0.25, 0.3) is 0 Å². The van der Waals surface area contributed by atoms with Gasteiger partial charge in [0.15, 0.2) is 5.78 Å². The minimum absolute atomic E-state index is 0.0188. The summed E-state index contributed by atoms with van der Waals surface area (Å²) in [5.41, 5.74) is -0.0253. The Morgan fingerprint density at radius 2 is 1.97 bits per heavy atom. The summed E-state index contributed by atoms with van der Waals surface area (Å²) < 4.78 is 14.8. The van der Waals surface area contributed by atoms with Crippen molar-refractivity contribution < 1.29 is 14.3 Å². The van der Waals surface area contributed by atoms with Gasteiger partial charge in [0.2, 0.25) is 0 Å². The molecule has 0 unspecified atom stereocenters. The number of aromatic nitrogens is 3. The van der Waals surface area contributed by atoms with Crippen molar-refractivity contribution in [2.24, 2.45) is 40.4 Å². The summed E-state index contributed by atoms with van der Waals surface area (Å²) >= 11 is 0. The summed E-state index contributed by atoms with van der Waals surface area (Å²) in [6, 6.07) is 0. The monoisotopic (exact) mass is 431 g/mol. The Balaban J connectivity index is 1.36. The highest BCUT2D eigenvalue weighted by Crippen LogP contribution is 2.68. The van der Waals surface area contributed by atoms with Gasteiger partial charge in [-0.05, 0) is 101 Å². The van der Waals surface area contributed by atoms with Gasteiger partial charge in [-0.2, -0.15) is 15.0 Å². The number of halogens is 1. The Morgan fingerprint density at radius 3 is 2.68 bits per heavy atom. The maximum atomic E-state index is 14.8. The molecule has 0 spiro atoms. The average molecular weight is 432 g/mol. The molecule has 8 atom stereocenters. The van der Waals surface area contributed by atoms with Crippen molar-refractivity contribution >= 4 is 5.78 Å². The van der Waals surface area contributed by atoms with Crippen molar-refractivity contribution in [1.82, 2.24) is 15.0 Å². The van der Waals surface area contributed by atoms with Crippen molar-refractivity contribution in [3.63, 3.8) is 0 Å². The van der Waals surface area contributed by atoms with Gasteiger partial charge < -0.3 is 5.11 Å². The first-order valence-electron chi connectivity index (χ1n) is 12.4. The molecule has 4 aliphatic carbocycles. The number of hydrogen-bond donors (Lipinski definition) is 1. The van der Waals surface area contributed by atoms with Crippen LogP contribution in [-0.2, 0) is 11.3 Å². The summed E-state index contributed by atoms with van der Waals surface area (Å²) in [4.78, 5) is 14.8. The second kappa shape index (κ2) is 7.36. The fourth-order valence-electron chi connectivity index (χ4n) is 8.73. The van der Waals surface area contributed by atoms with Gasteiger partial charge in [0.05, 0.1) is 24.2 Å². The lowest BCUT2D eigenvalue weighted by Gasteiger charge is -2.62. The lowest BCUT2D eigenvalue weighted by atomic mass is 9.43. The summed E-state index contributed by atoms with van der Waals surface area (Å²) in [6.45, 7) is 6.18. The first kappa shape index (κ1) is 21.5. The summed E-state index contributed by atoms with van der Waals surface area (Å²) in [5, 5.41) is 19.2.